The highest BCUT2D eigenvalue weighted by Gasteiger charge is 2.51. The van der Waals surface area contributed by atoms with Gasteiger partial charge in [0.05, 0.1) is 12.5 Å². The molecule has 1 aliphatic rings. The normalized spacial score (nSPS) is 22.1. The number of amides is 1. The van der Waals surface area contributed by atoms with Gasteiger partial charge in [0.1, 0.15) is 0 Å². The highest BCUT2D eigenvalue weighted by Crippen LogP contribution is 2.43. The molecule has 0 saturated carbocycles. The molecule has 0 radical (unpaired) electrons. The summed E-state index contributed by atoms with van der Waals surface area (Å²) in [5, 5.41) is 18.4. The summed E-state index contributed by atoms with van der Waals surface area (Å²) in [5.41, 5.74) is 0. The van der Waals surface area contributed by atoms with E-state index in [1.165, 1.54) is 0 Å². The Bertz CT molecular complexity index is 375. The topological polar surface area (TPSA) is 77.8 Å². The van der Waals surface area contributed by atoms with Crippen molar-refractivity contribution in [2.75, 3.05) is 0 Å². The molecule has 0 aromatic heterocycles. The van der Waals surface area contributed by atoms with E-state index in [1.54, 1.807) is 0 Å². The van der Waals surface area contributed by atoms with Crippen LogP contribution in [0.2, 0.25) is 18.1 Å². The van der Waals surface area contributed by atoms with E-state index >= 15 is 0 Å². The van der Waals surface area contributed by atoms with Crippen molar-refractivity contribution >= 4 is 20.1 Å². The molecule has 0 aromatic rings. The molecule has 2 N–H and O–H groups in total. The highest BCUT2D eigenvalue weighted by atomic mass is 28.3. The highest BCUT2D eigenvalue weighted by molar-refractivity contribution is 6.79. The molecule has 1 heterocycles. The predicted molar refractivity (Wildman–Crippen MR) is 75.3 cm³/mol. The summed E-state index contributed by atoms with van der Waals surface area (Å²) < 4.78 is 1.94. The number of carboxylic acid groups (broad SMARTS) is 1. The first-order chi connectivity index (χ1) is 8.46. The minimum Gasteiger partial charge on any atom is -0.481 e. The second kappa shape index (κ2) is 5.24. The Labute approximate surface area is 115 Å². The molecule has 19 heavy (non-hydrogen) atoms. The van der Waals surface area contributed by atoms with Gasteiger partial charge >= 0.3 is 5.97 Å². The van der Waals surface area contributed by atoms with Crippen LogP contribution in [0.25, 0.3) is 0 Å². The fourth-order valence-corrected chi connectivity index (χ4v) is 4.95. The monoisotopic (exact) mass is 287 g/mol. The maximum absolute atomic E-state index is 11.9. The third kappa shape index (κ3) is 3.36. The van der Waals surface area contributed by atoms with Crippen LogP contribution in [0.4, 0.5) is 0 Å². The number of β-lactam (4-membered cyclic amide) rings is 1. The van der Waals surface area contributed by atoms with Gasteiger partial charge in [-0.15, -0.1) is 0 Å². The van der Waals surface area contributed by atoms with Crippen LogP contribution in [0.5, 0.6) is 0 Å². The van der Waals surface area contributed by atoms with Crippen molar-refractivity contribution in [3.05, 3.63) is 0 Å². The van der Waals surface area contributed by atoms with E-state index in [0.29, 0.717) is 12.8 Å². The SMILES string of the molecule is CC(C)(C)[Si](C)(C)N1C(=O)CC1CC(O)CC(=O)O. The van der Waals surface area contributed by atoms with Crippen LogP contribution in [0.1, 0.15) is 40.0 Å². The van der Waals surface area contributed by atoms with Crippen molar-refractivity contribution in [3.8, 4) is 0 Å². The summed E-state index contributed by atoms with van der Waals surface area (Å²) >= 11 is 0. The second-order valence-corrected chi connectivity index (χ2v) is 12.0. The molecule has 0 aromatic carbocycles. The third-order valence-corrected chi connectivity index (χ3v) is 9.93. The predicted octanol–water partition coefficient (Wildman–Crippen LogP) is 1.82. The summed E-state index contributed by atoms with van der Waals surface area (Å²) in [6, 6.07) is 0.00254. The Hall–Kier alpha value is -0.883. The number of carboxylic acids is 1. The maximum atomic E-state index is 11.9. The van der Waals surface area contributed by atoms with Crippen LogP contribution >= 0.6 is 0 Å². The number of aliphatic hydroxyl groups excluding tert-OH is 1. The van der Waals surface area contributed by atoms with Crippen molar-refractivity contribution in [2.45, 2.75) is 70.3 Å². The Kier molecular flexibility index (Phi) is 4.46. The Morgan fingerprint density at radius 1 is 1.47 bits per heavy atom. The smallest absolute Gasteiger partial charge is 0.305 e. The van der Waals surface area contributed by atoms with Crippen LogP contribution in [-0.4, -0.2) is 47.0 Å². The van der Waals surface area contributed by atoms with Gasteiger partial charge in [-0.1, -0.05) is 33.9 Å². The van der Waals surface area contributed by atoms with E-state index in [9.17, 15) is 14.7 Å². The summed E-state index contributed by atoms with van der Waals surface area (Å²) in [6.07, 6.45) is -0.327. The lowest BCUT2D eigenvalue weighted by Crippen LogP contribution is -2.68. The van der Waals surface area contributed by atoms with Crippen LogP contribution in [0.15, 0.2) is 0 Å². The van der Waals surface area contributed by atoms with Gasteiger partial charge in [-0.25, -0.2) is 0 Å². The number of hydrogen-bond donors (Lipinski definition) is 2. The van der Waals surface area contributed by atoms with E-state index in [1.807, 2.05) is 4.57 Å². The van der Waals surface area contributed by atoms with Gasteiger partial charge < -0.3 is 14.8 Å². The summed E-state index contributed by atoms with van der Waals surface area (Å²) in [4.78, 5) is 22.5. The van der Waals surface area contributed by atoms with E-state index in [2.05, 4.69) is 33.9 Å². The average Bonchev–Trinajstić information content (AvgIpc) is 2.11. The van der Waals surface area contributed by atoms with Gasteiger partial charge in [0.2, 0.25) is 5.91 Å². The van der Waals surface area contributed by atoms with E-state index in [-0.39, 0.29) is 23.4 Å². The zero-order valence-corrected chi connectivity index (χ0v) is 13.4. The zero-order valence-electron chi connectivity index (χ0n) is 12.4. The Morgan fingerprint density at radius 3 is 2.37 bits per heavy atom. The lowest BCUT2D eigenvalue weighted by atomic mass is 9.98. The molecule has 0 spiro atoms. The fraction of sp³-hybridized carbons (Fsp3) is 0.846. The van der Waals surface area contributed by atoms with Crippen LogP contribution in [0, 0.1) is 0 Å². The molecule has 0 aliphatic carbocycles. The number of carbonyl (C=O) groups excluding carboxylic acids is 1. The molecule has 6 heteroatoms. The molecule has 1 rings (SSSR count). The standard InChI is InChI=1S/C13H25NO4Si/c1-13(2,3)19(4,5)14-9(7-11(14)16)6-10(15)8-12(17)18/h9-10,15H,6-8H2,1-5H3,(H,17,18). The van der Waals surface area contributed by atoms with E-state index in [0.717, 1.165) is 0 Å². The molecular formula is C13H25NO4Si. The fourth-order valence-electron chi connectivity index (χ4n) is 2.40. The number of hydrogen-bond acceptors (Lipinski definition) is 3. The summed E-state index contributed by atoms with van der Waals surface area (Å²) in [6.45, 7) is 10.7. The van der Waals surface area contributed by atoms with Crippen LogP contribution in [-0.2, 0) is 9.59 Å². The quantitative estimate of drug-likeness (QED) is 0.597. The van der Waals surface area contributed by atoms with Crippen molar-refractivity contribution in [1.82, 2.24) is 4.57 Å². The minimum absolute atomic E-state index is 0.00254. The number of aliphatic carboxylic acids is 1. The molecule has 2 atom stereocenters. The van der Waals surface area contributed by atoms with Gasteiger partial charge in [-0.3, -0.25) is 9.59 Å². The second-order valence-electron chi connectivity index (χ2n) is 6.92. The number of rotatable bonds is 5. The van der Waals surface area contributed by atoms with Crippen molar-refractivity contribution in [3.63, 3.8) is 0 Å². The molecule has 1 saturated heterocycles. The van der Waals surface area contributed by atoms with Gasteiger partial charge in [0.15, 0.2) is 8.24 Å². The van der Waals surface area contributed by atoms with Crippen molar-refractivity contribution in [1.29, 1.82) is 0 Å². The third-order valence-electron chi connectivity index (χ3n) is 4.44. The molecule has 0 bridgehead atoms. The lowest BCUT2D eigenvalue weighted by Gasteiger charge is -2.55. The summed E-state index contributed by atoms with van der Waals surface area (Å²) in [5.74, 6) is -0.865. The Balaban J connectivity index is 2.73. The first kappa shape index (κ1) is 16.2. The lowest BCUT2D eigenvalue weighted by molar-refractivity contribution is -0.141. The first-order valence-corrected chi connectivity index (χ1v) is 9.63. The van der Waals surface area contributed by atoms with Gasteiger partial charge in [0.25, 0.3) is 0 Å². The summed E-state index contributed by atoms with van der Waals surface area (Å²) in [7, 11) is -1.93. The van der Waals surface area contributed by atoms with Gasteiger partial charge in [-0.2, -0.15) is 0 Å². The van der Waals surface area contributed by atoms with E-state index in [4.69, 9.17) is 5.11 Å². The molecule has 2 unspecified atom stereocenters. The van der Waals surface area contributed by atoms with Crippen LogP contribution in [0.3, 0.4) is 0 Å². The van der Waals surface area contributed by atoms with Crippen LogP contribution < -0.4 is 0 Å². The number of nitrogens with zero attached hydrogens (tertiary/aromatic N) is 1. The largest absolute Gasteiger partial charge is 0.481 e. The number of carbonyl (C=O) groups is 2. The molecule has 1 amide bonds. The van der Waals surface area contributed by atoms with Gasteiger partial charge in [0, 0.05) is 12.5 Å². The minimum atomic E-state index is -1.93. The molecule has 5 nitrogen and oxygen atoms in total. The van der Waals surface area contributed by atoms with Crippen molar-refractivity contribution in [2.24, 2.45) is 0 Å². The molecule has 110 valence electrons. The van der Waals surface area contributed by atoms with Crippen molar-refractivity contribution < 1.29 is 19.8 Å². The molecular weight excluding hydrogens is 262 g/mol. The number of aliphatic hydroxyl groups is 1. The molecule has 1 aliphatic heterocycles. The van der Waals surface area contributed by atoms with Gasteiger partial charge in [-0.05, 0) is 11.5 Å². The average molecular weight is 287 g/mol. The maximum Gasteiger partial charge on any atom is 0.305 e. The molecule has 1 fully saturated rings. The first-order valence-electron chi connectivity index (χ1n) is 6.69. The van der Waals surface area contributed by atoms with E-state index < -0.39 is 20.3 Å². The zero-order chi connectivity index (χ0) is 15.0. The Morgan fingerprint density at radius 2 is 2.00 bits per heavy atom.